The van der Waals surface area contributed by atoms with Gasteiger partial charge >= 0.3 is 6.18 Å². The molecule has 0 bridgehead atoms. The largest absolute Gasteiger partial charge is 0.390 e. The number of alkyl halides is 3. The SMILES string of the molecule is O=S(=O)(CCC(F)(F)F)N1CC[C@@H]2CCN[C@@H]2C1. The number of piperidine rings is 1. The molecular formula is C10H17F3N2O2S. The van der Waals surface area contributed by atoms with E-state index in [1.54, 1.807) is 0 Å². The van der Waals surface area contributed by atoms with E-state index in [0.717, 1.165) is 19.4 Å². The Morgan fingerprint density at radius 1 is 1.28 bits per heavy atom. The molecule has 0 amide bonds. The summed E-state index contributed by atoms with van der Waals surface area (Å²) in [5.41, 5.74) is 0. The molecule has 0 aromatic rings. The van der Waals surface area contributed by atoms with Gasteiger partial charge in [-0.3, -0.25) is 0 Å². The topological polar surface area (TPSA) is 49.4 Å². The summed E-state index contributed by atoms with van der Waals surface area (Å²) >= 11 is 0. The molecule has 2 aliphatic rings. The number of rotatable bonds is 3. The van der Waals surface area contributed by atoms with Gasteiger partial charge in [0.05, 0.1) is 12.2 Å². The van der Waals surface area contributed by atoms with Crippen molar-refractivity contribution in [3.05, 3.63) is 0 Å². The third kappa shape index (κ3) is 3.36. The van der Waals surface area contributed by atoms with Gasteiger partial charge in [-0.1, -0.05) is 0 Å². The highest BCUT2D eigenvalue weighted by Crippen LogP contribution is 2.28. The molecule has 2 aliphatic heterocycles. The second-order valence-corrected chi connectivity index (χ2v) is 7.03. The van der Waals surface area contributed by atoms with Gasteiger partial charge in [0, 0.05) is 19.1 Å². The van der Waals surface area contributed by atoms with E-state index in [1.807, 2.05) is 0 Å². The van der Waals surface area contributed by atoms with Crippen molar-refractivity contribution in [3.63, 3.8) is 0 Å². The van der Waals surface area contributed by atoms with Gasteiger partial charge in [0.15, 0.2) is 0 Å². The van der Waals surface area contributed by atoms with Crippen LogP contribution in [0.5, 0.6) is 0 Å². The summed E-state index contributed by atoms with van der Waals surface area (Å²) < 4.78 is 61.1. The molecule has 4 nitrogen and oxygen atoms in total. The number of hydrogen-bond donors (Lipinski definition) is 1. The lowest BCUT2D eigenvalue weighted by Gasteiger charge is -2.34. The second kappa shape index (κ2) is 4.97. The maximum Gasteiger partial charge on any atom is 0.390 e. The van der Waals surface area contributed by atoms with Gasteiger partial charge in [-0.2, -0.15) is 13.2 Å². The molecule has 0 aromatic heterocycles. The van der Waals surface area contributed by atoms with Gasteiger partial charge in [0.1, 0.15) is 0 Å². The monoisotopic (exact) mass is 286 g/mol. The maximum atomic E-state index is 12.1. The summed E-state index contributed by atoms with van der Waals surface area (Å²) in [4.78, 5) is 0. The first-order valence-electron chi connectivity index (χ1n) is 6.06. The fraction of sp³-hybridized carbons (Fsp3) is 1.00. The van der Waals surface area contributed by atoms with E-state index in [1.165, 1.54) is 4.31 Å². The van der Waals surface area contributed by atoms with Crippen LogP contribution < -0.4 is 5.32 Å². The summed E-state index contributed by atoms with van der Waals surface area (Å²) in [5, 5.41) is 3.20. The van der Waals surface area contributed by atoms with Crippen molar-refractivity contribution >= 4 is 10.0 Å². The predicted molar refractivity (Wildman–Crippen MR) is 60.5 cm³/mol. The summed E-state index contributed by atoms with van der Waals surface area (Å²) in [6, 6.07) is 0.111. The Kier molecular flexibility index (Phi) is 3.89. The first kappa shape index (κ1) is 14.1. The van der Waals surface area contributed by atoms with Crippen molar-refractivity contribution in [1.29, 1.82) is 0 Å². The van der Waals surface area contributed by atoms with Crippen LogP contribution in [0.15, 0.2) is 0 Å². The standard InChI is InChI=1S/C10H17F3N2O2S/c11-10(12,13)3-6-18(16,17)15-5-2-8-1-4-14-9(8)7-15/h8-9,14H,1-7H2/t8-,9+/m0/s1. The van der Waals surface area contributed by atoms with Crippen molar-refractivity contribution in [1.82, 2.24) is 9.62 Å². The summed E-state index contributed by atoms with van der Waals surface area (Å²) in [6.45, 7) is 1.53. The van der Waals surface area contributed by atoms with Crippen molar-refractivity contribution < 1.29 is 21.6 Å². The third-order valence-corrected chi connectivity index (χ3v) is 5.52. The number of hydrogen-bond acceptors (Lipinski definition) is 3. The van der Waals surface area contributed by atoms with Crippen molar-refractivity contribution in [3.8, 4) is 0 Å². The molecule has 18 heavy (non-hydrogen) atoms. The zero-order valence-electron chi connectivity index (χ0n) is 9.91. The van der Waals surface area contributed by atoms with E-state index in [0.29, 0.717) is 19.0 Å². The second-order valence-electron chi connectivity index (χ2n) is 4.94. The Balaban J connectivity index is 1.94. The number of nitrogens with one attached hydrogen (secondary N) is 1. The van der Waals surface area contributed by atoms with Crippen LogP contribution in [0.3, 0.4) is 0 Å². The van der Waals surface area contributed by atoms with E-state index >= 15 is 0 Å². The Labute approximate surface area is 105 Å². The summed E-state index contributed by atoms with van der Waals surface area (Å²) in [6.07, 6.45) is -3.92. The molecule has 0 aliphatic carbocycles. The summed E-state index contributed by atoms with van der Waals surface area (Å²) in [7, 11) is -3.78. The minimum atomic E-state index is -4.42. The Hall–Kier alpha value is -0.340. The first-order chi connectivity index (χ1) is 8.28. The molecule has 8 heteroatoms. The maximum absolute atomic E-state index is 12.1. The van der Waals surface area contributed by atoms with E-state index in [4.69, 9.17) is 0 Å². The quantitative estimate of drug-likeness (QED) is 0.840. The highest BCUT2D eigenvalue weighted by atomic mass is 32.2. The number of sulfonamides is 1. The molecule has 106 valence electrons. The molecule has 0 unspecified atom stereocenters. The highest BCUT2D eigenvalue weighted by Gasteiger charge is 2.38. The fourth-order valence-electron chi connectivity index (χ4n) is 2.63. The van der Waals surface area contributed by atoms with Gasteiger partial charge in [0.2, 0.25) is 10.0 Å². The normalized spacial score (nSPS) is 30.4. The van der Waals surface area contributed by atoms with Crippen molar-refractivity contribution in [2.45, 2.75) is 31.5 Å². The van der Waals surface area contributed by atoms with E-state index < -0.39 is 28.4 Å². The number of fused-ring (bicyclic) bond motifs is 1. The zero-order chi connectivity index (χ0) is 13.4. The fourth-order valence-corrected chi connectivity index (χ4v) is 4.15. The minimum Gasteiger partial charge on any atom is -0.312 e. The molecule has 2 atom stereocenters. The molecule has 0 aromatic carbocycles. The highest BCUT2D eigenvalue weighted by molar-refractivity contribution is 7.89. The van der Waals surface area contributed by atoms with Crippen LogP contribution in [-0.2, 0) is 10.0 Å². The van der Waals surface area contributed by atoms with Gasteiger partial charge in [-0.15, -0.1) is 0 Å². The number of nitrogens with zero attached hydrogens (tertiary/aromatic N) is 1. The molecule has 0 radical (unpaired) electrons. The van der Waals surface area contributed by atoms with Gasteiger partial charge < -0.3 is 5.32 Å². The van der Waals surface area contributed by atoms with Crippen LogP contribution in [0.1, 0.15) is 19.3 Å². The molecular weight excluding hydrogens is 269 g/mol. The van der Waals surface area contributed by atoms with Gasteiger partial charge in [0.25, 0.3) is 0 Å². The third-order valence-electron chi connectivity index (χ3n) is 3.68. The first-order valence-corrected chi connectivity index (χ1v) is 7.67. The average molecular weight is 286 g/mol. The van der Waals surface area contributed by atoms with Crippen LogP contribution in [0, 0.1) is 5.92 Å². The smallest absolute Gasteiger partial charge is 0.312 e. The Bertz CT molecular complexity index is 396. The van der Waals surface area contributed by atoms with E-state index in [2.05, 4.69) is 5.32 Å². The Morgan fingerprint density at radius 3 is 2.67 bits per heavy atom. The predicted octanol–water partition coefficient (Wildman–Crippen LogP) is 0.952. The van der Waals surface area contributed by atoms with Crippen LogP contribution in [0.4, 0.5) is 13.2 Å². The van der Waals surface area contributed by atoms with Gasteiger partial charge in [-0.05, 0) is 25.3 Å². The molecule has 2 saturated heterocycles. The molecule has 2 heterocycles. The van der Waals surface area contributed by atoms with E-state index in [-0.39, 0.29) is 6.04 Å². The average Bonchev–Trinajstić information content (AvgIpc) is 2.72. The van der Waals surface area contributed by atoms with Crippen molar-refractivity contribution in [2.75, 3.05) is 25.4 Å². The lowest BCUT2D eigenvalue weighted by Crippen LogP contribution is -2.49. The van der Waals surface area contributed by atoms with E-state index in [9.17, 15) is 21.6 Å². The summed E-state index contributed by atoms with van der Waals surface area (Å²) in [5.74, 6) is -0.368. The lowest BCUT2D eigenvalue weighted by atomic mass is 9.94. The van der Waals surface area contributed by atoms with Crippen LogP contribution >= 0.6 is 0 Å². The minimum absolute atomic E-state index is 0.111. The van der Waals surface area contributed by atoms with Crippen LogP contribution in [0.25, 0.3) is 0 Å². The number of halogens is 3. The zero-order valence-corrected chi connectivity index (χ0v) is 10.7. The Morgan fingerprint density at radius 2 is 2.00 bits per heavy atom. The van der Waals surface area contributed by atoms with Crippen LogP contribution in [0.2, 0.25) is 0 Å². The molecule has 2 rings (SSSR count). The molecule has 1 N–H and O–H groups in total. The van der Waals surface area contributed by atoms with Gasteiger partial charge in [-0.25, -0.2) is 12.7 Å². The molecule has 0 spiro atoms. The van der Waals surface area contributed by atoms with Crippen LogP contribution in [-0.4, -0.2) is 50.3 Å². The lowest BCUT2D eigenvalue weighted by molar-refractivity contribution is -0.130. The molecule has 2 fully saturated rings. The van der Waals surface area contributed by atoms with Crippen molar-refractivity contribution in [2.24, 2.45) is 5.92 Å². The molecule has 0 saturated carbocycles.